The van der Waals surface area contributed by atoms with Crippen molar-refractivity contribution in [3.8, 4) is 11.4 Å². The monoisotopic (exact) mass is 499 g/mol. The summed E-state index contributed by atoms with van der Waals surface area (Å²) in [6.07, 6.45) is -3.42. The number of hydrogen-bond acceptors (Lipinski definition) is 8. The molecule has 1 aromatic heterocycles. The number of aliphatic hydroxyl groups is 1. The van der Waals surface area contributed by atoms with E-state index >= 15 is 0 Å². The van der Waals surface area contributed by atoms with Crippen LogP contribution in [0.4, 0.5) is 15.8 Å². The van der Waals surface area contributed by atoms with Crippen LogP contribution in [0.2, 0.25) is 0 Å². The quantitative estimate of drug-likeness (QED) is 0.445. The Balaban J connectivity index is 1.47. The number of aromatic nitrogens is 2. The zero-order chi connectivity index (χ0) is 26.0. The number of aromatic amines is 1. The van der Waals surface area contributed by atoms with Crippen LogP contribution in [-0.2, 0) is 14.3 Å². The fourth-order valence-electron chi connectivity index (χ4n) is 3.62. The highest BCUT2D eigenvalue weighted by molar-refractivity contribution is 6.04. The number of H-pyrrole nitrogens is 1. The molecule has 4 rings (SSSR count). The second-order valence-electron chi connectivity index (χ2n) is 8.13. The molecule has 2 heterocycles. The number of carbonyl (C=O) groups excluding carboxylic acids is 3. The van der Waals surface area contributed by atoms with Crippen LogP contribution < -0.4 is 16.0 Å². The molecule has 1 fully saturated rings. The summed E-state index contributed by atoms with van der Waals surface area (Å²) in [5.41, 5.74) is 0.962. The van der Waals surface area contributed by atoms with Gasteiger partial charge in [0.15, 0.2) is 18.0 Å². The van der Waals surface area contributed by atoms with Crippen molar-refractivity contribution in [2.45, 2.75) is 12.2 Å². The first-order chi connectivity index (χ1) is 17.1. The van der Waals surface area contributed by atoms with Gasteiger partial charge in [0.05, 0.1) is 6.61 Å². The van der Waals surface area contributed by atoms with Crippen LogP contribution in [0, 0.1) is 5.82 Å². The van der Waals surface area contributed by atoms with E-state index in [4.69, 9.17) is 4.74 Å². The van der Waals surface area contributed by atoms with Crippen LogP contribution in [0.1, 0.15) is 10.4 Å². The van der Waals surface area contributed by atoms with Gasteiger partial charge >= 0.3 is 5.76 Å². The molecule has 1 saturated heterocycles. The van der Waals surface area contributed by atoms with Crippen LogP contribution in [0.15, 0.2) is 51.8 Å². The number of ether oxygens (including phenoxy) is 1. The van der Waals surface area contributed by atoms with Gasteiger partial charge in [-0.05, 0) is 42.5 Å². The third-order valence-corrected chi connectivity index (χ3v) is 5.39. The molecular formula is C23H22FN5O7. The van der Waals surface area contributed by atoms with Gasteiger partial charge in [-0.15, -0.1) is 0 Å². The van der Waals surface area contributed by atoms with Crippen molar-refractivity contribution >= 4 is 29.1 Å². The largest absolute Gasteiger partial charge is 0.439 e. The number of morpholine rings is 1. The van der Waals surface area contributed by atoms with Crippen molar-refractivity contribution in [1.82, 2.24) is 15.0 Å². The molecule has 0 spiro atoms. The van der Waals surface area contributed by atoms with Crippen LogP contribution in [-0.4, -0.2) is 77.3 Å². The standard InChI is InChI=1S/C23H22FN5O7/c1-28(2)21(32)13-9-14(24)11-16(10-13)29-7-8-35-18(22(29)33)17(30)20(31)25-15-5-3-12(4-6-15)19-26-23(34)36-27-19/h3-6,9-11,17-18,30H,7-8H2,1-2H3,(H,25,31)(H,26,27,34)/t17-,18-/m1/s1. The van der Waals surface area contributed by atoms with Crippen LogP contribution in [0.3, 0.4) is 0 Å². The lowest BCUT2D eigenvalue weighted by atomic mass is 10.1. The number of halogens is 1. The molecule has 12 nitrogen and oxygen atoms in total. The van der Waals surface area contributed by atoms with E-state index in [2.05, 4.69) is 20.0 Å². The normalized spacial score (nSPS) is 16.5. The van der Waals surface area contributed by atoms with Gasteiger partial charge in [0.1, 0.15) is 5.82 Å². The summed E-state index contributed by atoms with van der Waals surface area (Å²) in [7, 11) is 3.03. The van der Waals surface area contributed by atoms with Crippen LogP contribution >= 0.6 is 0 Å². The molecule has 3 aromatic rings. The summed E-state index contributed by atoms with van der Waals surface area (Å²) in [5, 5.41) is 16.6. The summed E-state index contributed by atoms with van der Waals surface area (Å²) < 4.78 is 24.0. The molecule has 0 unspecified atom stereocenters. The van der Waals surface area contributed by atoms with Gasteiger partial charge in [0.25, 0.3) is 17.7 Å². The van der Waals surface area contributed by atoms with E-state index in [9.17, 15) is 28.7 Å². The molecule has 3 amide bonds. The molecule has 1 aliphatic heterocycles. The lowest BCUT2D eigenvalue weighted by Crippen LogP contribution is -2.55. The molecular weight excluding hydrogens is 477 g/mol. The van der Waals surface area contributed by atoms with Gasteiger partial charge < -0.3 is 25.0 Å². The molecule has 1 aliphatic rings. The Labute approximate surface area is 203 Å². The number of carbonyl (C=O) groups is 3. The van der Waals surface area contributed by atoms with E-state index in [1.165, 1.54) is 37.2 Å². The van der Waals surface area contributed by atoms with E-state index < -0.39 is 41.5 Å². The maximum atomic E-state index is 14.2. The Bertz CT molecular complexity index is 1350. The number of nitrogens with zero attached hydrogens (tertiary/aromatic N) is 3. The van der Waals surface area contributed by atoms with E-state index in [0.29, 0.717) is 11.3 Å². The zero-order valence-electron chi connectivity index (χ0n) is 19.2. The van der Waals surface area contributed by atoms with Crippen molar-refractivity contribution in [3.05, 3.63) is 64.4 Å². The minimum atomic E-state index is -1.87. The van der Waals surface area contributed by atoms with E-state index in [0.717, 1.165) is 17.0 Å². The molecule has 0 aliphatic carbocycles. The highest BCUT2D eigenvalue weighted by Gasteiger charge is 2.39. The summed E-state index contributed by atoms with van der Waals surface area (Å²) in [6, 6.07) is 9.61. The number of anilines is 2. The Hall–Kier alpha value is -4.36. The first-order valence-electron chi connectivity index (χ1n) is 10.7. The molecule has 0 bridgehead atoms. The van der Waals surface area contributed by atoms with Crippen molar-refractivity contribution in [2.24, 2.45) is 0 Å². The Morgan fingerprint density at radius 2 is 1.94 bits per heavy atom. The predicted molar refractivity (Wildman–Crippen MR) is 124 cm³/mol. The minimum Gasteiger partial charge on any atom is -0.380 e. The molecule has 13 heteroatoms. The van der Waals surface area contributed by atoms with E-state index in [1.54, 1.807) is 12.1 Å². The number of rotatable bonds is 6. The fourth-order valence-corrected chi connectivity index (χ4v) is 3.62. The number of nitrogens with one attached hydrogen (secondary N) is 2. The van der Waals surface area contributed by atoms with Crippen LogP contribution in [0.5, 0.6) is 0 Å². The topological polar surface area (TPSA) is 158 Å². The number of benzene rings is 2. The molecule has 188 valence electrons. The Kier molecular flexibility index (Phi) is 6.94. The van der Waals surface area contributed by atoms with Gasteiger partial charge in [-0.1, -0.05) is 5.16 Å². The minimum absolute atomic E-state index is 0.0289. The lowest BCUT2D eigenvalue weighted by Gasteiger charge is -2.34. The van der Waals surface area contributed by atoms with Crippen LogP contribution in [0.25, 0.3) is 11.4 Å². The first-order valence-corrected chi connectivity index (χ1v) is 10.7. The molecule has 3 N–H and O–H groups in total. The zero-order valence-corrected chi connectivity index (χ0v) is 19.2. The highest BCUT2D eigenvalue weighted by Crippen LogP contribution is 2.24. The van der Waals surface area contributed by atoms with Gasteiger partial charge in [-0.2, -0.15) is 0 Å². The molecule has 2 atom stereocenters. The molecule has 2 aromatic carbocycles. The highest BCUT2D eigenvalue weighted by atomic mass is 19.1. The average molecular weight is 499 g/mol. The Morgan fingerprint density at radius 3 is 2.58 bits per heavy atom. The van der Waals surface area contributed by atoms with Gasteiger partial charge in [0.2, 0.25) is 0 Å². The number of aliphatic hydroxyl groups excluding tert-OH is 1. The average Bonchev–Trinajstić information content (AvgIpc) is 3.29. The summed E-state index contributed by atoms with van der Waals surface area (Å²) in [4.78, 5) is 53.9. The van der Waals surface area contributed by atoms with Gasteiger partial charge in [-0.3, -0.25) is 23.9 Å². The Morgan fingerprint density at radius 1 is 1.22 bits per heavy atom. The fraction of sp³-hybridized carbons (Fsp3) is 0.261. The third-order valence-electron chi connectivity index (χ3n) is 5.39. The number of amides is 3. The summed E-state index contributed by atoms with van der Waals surface area (Å²) in [5.74, 6) is -3.34. The molecule has 0 radical (unpaired) electrons. The number of hydrogen-bond donors (Lipinski definition) is 3. The lowest BCUT2D eigenvalue weighted by molar-refractivity contribution is -0.150. The second-order valence-corrected chi connectivity index (χ2v) is 8.13. The van der Waals surface area contributed by atoms with E-state index in [-0.39, 0.29) is 30.2 Å². The van der Waals surface area contributed by atoms with Gasteiger partial charge in [-0.25, -0.2) is 9.18 Å². The second kappa shape index (κ2) is 10.1. The first kappa shape index (κ1) is 24.8. The van der Waals surface area contributed by atoms with Crippen molar-refractivity contribution in [1.29, 1.82) is 0 Å². The molecule has 0 saturated carbocycles. The summed E-state index contributed by atoms with van der Waals surface area (Å²) in [6.45, 7) is 0.00709. The van der Waals surface area contributed by atoms with Crippen molar-refractivity contribution in [2.75, 3.05) is 37.5 Å². The maximum absolute atomic E-state index is 14.2. The van der Waals surface area contributed by atoms with Gasteiger partial charge in [0, 0.05) is 43.1 Å². The molecule has 36 heavy (non-hydrogen) atoms. The van der Waals surface area contributed by atoms with E-state index in [1.807, 2.05) is 0 Å². The van der Waals surface area contributed by atoms with Crippen molar-refractivity contribution in [3.63, 3.8) is 0 Å². The summed E-state index contributed by atoms with van der Waals surface area (Å²) >= 11 is 0. The van der Waals surface area contributed by atoms with Crippen molar-refractivity contribution < 1.29 is 33.1 Å². The third kappa shape index (κ3) is 5.16. The smallest absolute Gasteiger partial charge is 0.380 e. The SMILES string of the molecule is CN(C)C(=O)c1cc(F)cc(N2CCO[C@H]([C@@H](O)C(=O)Nc3ccc(-c4noc(=O)[nH]4)cc3)C2=O)c1. The predicted octanol–water partition coefficient (Wildman–Crippen LogP) is 0.602. The maximum Gasteiger partial charge on any atom is 0.439 e.